The van der Waals surface area contributed by atoms with Crippen LogP contribution in [-0.2, 0) is 6.61 Å². The number of aryl methyl sites for hydroxylation is 1. The molecular formula is C14H16BrNOS. The summed E-state index contributed by atoms with van der Waals surface area (Å²) in [5.41, 5.74) is 8.19. The van der Waals surface area contributed by atoms with Gasteiger partial charge in [-0.2, -0.15) is 0 Å². The first-order valence-corrected chi connectivity index (χ1v) is 7.46. The van der Waals surface area contributed by atoms with Gasteiger partial charge < -0.3 is 10.5 Å². The van der Waals surface area contributed by atoms with Crippen molar-refractivity contribution < 1.29 is 4.74 Å². The molecule has 96 valence electrons. The molecule has 0 spiro atoms. The topological polar surface area (TPSA) is 35.2 Å². The molecule has 0 unspecified atom stereocenters. The van der Waals surface area contributed by atoms with Gasteiger partial charge in [0.25, 0.3) is 0 Å². The highest BCUT2D eigenvalue weighted by molar-refractivity contribution is 9.10. The zero-order valence-electron chi connectivity index (χ0n) is 10.4. The van der Waals surface area contributed by atoms with Gasteiger partial charge in [0.1, 0.15) is 12.4 Å². The van der Waals surface area contributed by atoms with E-state index in [1.807, 2.05) is 30.5 Å². The van der Waals surface area contributed by atoms with Crippen molar-refractivity contribution in [1.82, 2.24) is 0 Å². The van der Waals surface area contributed by atoms with Crippen molar-refractivity contribution >= 4 is 27.3 Å². The summed E-state index contributed by atoms with van der Waals surface area (Å²) in [6.45, 7) is 4.60. The summed E-state index contributed by atoms with van der Waals surface area (Å²) in [6, 6.07) is 8.16. The van der Waals surface area contributed by atoms with Crippen molar-refractivity contribution in [2.24, 2.45) is 5.73 Å². The van der Waals surface area contributed by atoms with Crippen LogP contribution in [0.3, 0.4) is 0 Å². The number of thiophene rings is 1. The molecule has 0 amide bonds. The van der Waals surface area contributed by atoms with E-state index in [4.69, 9.17) is 10.5 Å². The van der Waals surface area contributed by atoms with Crippen LogP contribution in [0.5, 0.6) is 5.75 Å². The van der Waals surface area contributed by atoms with Crippen LogP contribution >= 0.6 is 27.3 Å². The van der Waals surface area contributed by atoms with Crippen LogP contribution in [0.15, 0.2) is 34.1 Å². The third-order valence-electron chi connectivity index (χ3n) is 2.71. The molecule has 4 heteroatoms. The number of benzene rings is 1. The predicted molar refractivity (Wildman–Crippen MR) is 80.1 cm³/mol. The highest BCUT2D eigenvalue weighted by atomic mass is 79.9. The molecule has 2 nitrogen and oxygen atoms in total. The van der Waals surface area contributed by atoms with Gasteiger partial charge in [-0.3, -0.25) is 0 Å². The van der Waals surface area contributed by atoms with Crippen molar-refractivity contribution in [2.75, 3.05) is 0 Å². The molecule has 2 rings (SSSR count). The molecule has 18 heavy (non-hydrogen) atoms. The van der Waals surface area contributed by atoms with Crippen LogP contribution in [0.2, 0.25) is 0 Å². The zero-order valence-corrected chi connectivity index (χ0v) is 12.8. The highest BCUT2D eigenvalue weighted by Crippen LogP contribution is 2.28. The fourth-order valence-electron chi connectivity index (χ4n) is 1.71. The van der Waals surface area contributed by atoms with E-state index in [2.05, 4.69) is 28.9 Å². The van der Waals surface area contributed by atoms with Crippen molar-refractivity contribution in [3.8, 4) is 5.75 Å². The first-order valence-electron chi connectivity index (χ1n) is 5.78. The van der Waals surface area contributed by atoms with Gasteiger partial charge in [-0.05, 0) is 52.9 Å². The zero-order chi connectivity index (χ0) is 13.1. The molecule has 1 heterocycles. The minimum absolute atomic E-state index is 0.0209. The van der Waals surface area contributed by atoms with E-state index in [1.165, 1.54) is 10.4 Å². The molecule has 0 saturated carbocycles. The van der Waals surface area contributed by atoms with E-state index in [1.54, 1.807) is 11.3 Å². The Hall–Kier alpha value is -0.840. The molecule has 2 N–H and O–H groups in total. The summed E-state index contributed by atoms with van der Waals surface area (Å²) >= 11 is 5.19. The van der Waals surface area contributed by atoms with Crippen LogP contribution < -0.4 is 10.5 Å². The van der Waals surface area contributed by atoms with E-state index < -0.39 is 0 Å². The third-order valence-corrected chi connectivity index (χ3v) is 4.61. The van der Waals surface area contributed by atoms with E-state index >= 15 is 0 Å². The number of rotatable bonds is 4. The largest absolute Gasteiger partial charge is 0.488 e. The molecule has 0 aliphatic heterocycles. The standard InChI is InChI=1S/C14H16BrNOS/c1-9-3-4-11(10(2)16)13(7-9)17-8-14-12(15)5-6-18-14/h3-7,10H,8,16H2,1-2H3/t10-/m0/s1. The summed E-state index contributed by atoms with van der Waals surface area (Å²) in [7, 11) is 0. The van der Waals surface area contributed by atoms with Crippen LogP contribution in [-0.4, -0.2) is 0 Å². The molecule has 0 bridgehead atoms. The lowest BCUT2D eigenvalue weighted by Crippen LogP contribution is -2.08. The Labute approximate surface area is 120 Å². The van der Waals surface area contributed by atoms with E-state index in [0.717, 1.165) is 15.8 Å². The third kappa shape index (κ3) is 3.13. The Balaban J connectivity index is 2.18. The lowest BCUT2D eigenvalue weighted by Gasteiger charge is -2.14. The van der Waals surface area contributed by atoms with Gasteiger partial charge in [0.15, 0.2) is 0 Å². The Morgan fingerprint density at radius 3 is 2.78 bits per heavy atom. The van der Waals surface area contributed by atoms with Crippen molar-refractivity contribution in [3.05, 3.63) is 50.1 Å². The maximum atomic E-state index is 5.96. The van der Waals surface area contributed by atoms with Gasteiger partial charge >= 0.3 is 0 Å². The van der Waals surface area contributed by atoms with Gasteiger partial charge in [0.2, 0.25) is 0 Å². The van der Waals surface area contributed by atoms with Crippen molar-refractivity contribution in [2.45, 2.75) is 26.5 Å². The van der Waals surface area contributed by atoms with Crippen LogP contribution in [0.25, 0.3) is 0 Å². The highest BCUT2D eigenvalue weighted by Gasteiger charge is 2.09. The van der Waals surface area contributed by atoms with Crippen LogP contribution in [0.1, 0.15) is 29.0 Å². The maximum Gasteiger partial charge on any atom is 0.124 e. The second-order valence-electron chi connectivity index (χ2n) is 4.31. The van der Waals surface area contributed by atoms with Crippen molar-refractivity contribution in [3.63, 3.8) is 0 Å². The summed E-state index contributed by atoms with van der Waals surface area (Å²) in [5.74, 6) is 0.880. The molecule has 1 atom stereocenters. The summed E-state index contributed by atoms with van der Waals surface area (Å²) in [4.78, 5) is 1.19. The van der Waals surface area contributed by atoms with E-state index in [0.29, 0.717) is 6.61 Å². The molecule has 2 aromatic rings. The predicted octanol–water partition coefficient (Wildman–Crippen LogP) is 4.42. The monoisotopic (exact) mass is 325 g/mol. The molecule has 1 aromatic carbocycles. The maximum absolute atomic E-state index is 5.96. The average Bonchev–Trinajstić information content (AvgIpc) is 2.72. The Kier molecular flexibility index (Phi) is 4.43. The second-order valence-corrected chi connectivity index (χ2v) is 6.17. The Morgan fingerprint density at radius 2 is 2.17 bits per heavy atom. The summed E-state index contributed by atoms with van der Waals surface area (Å²) in [6.07, 6.45) is 0. The lowest BCUT2D eigenvalue weighted by molar-refractivity contribution is 0.304. The lowest BCUT2D eigenvalue weighted by atomic mass is 10.1. The second kappa shape index (κ2) is 5.87. The van der Waals surface area contributed by atoms with E-state index in [9.17, 15) is 0 Å². The summed E-state index contributed by atoms with van der Waals surface area (Å²) < 4.78 is 7.00. The smallest absolute Gasteiger partial charge is 0.124 e. The molecule has 0 saturated heterocycles. The quantitative estimate of drug-likeness (QED) is 0.903. The van der Waals surface area contributed by atoms with E-state index in [-0.39, 0.29) is 6.04 Å². The molecule has 0 radical (unpaired) electrons. The van der Waals surface area contributed by atoms with Gasteiger partial charge in [-0.15, -0.1) is 11.3 Å². The Bertz CT molecular complexity index is 536. The van der Waals surface area contributed by atoms with Gasteiger partial charge in [-0.1, -0.05) is 12.1 Å². The first kappa shape index (κ1) is 13.6. The number of ether oxygens (including phenoxy) is 1. The molecular weight excluding hydrogens is 310 g/mol. The fourth-order valence-corrected chi connectivity index (χ4v) is 3.09. The van der Waals surface area contributed by atoms with Crippen LogP contribution in [0.4, 0.5) is 0 Å². The minimum atomic E-state index is -0.0209. The molecule has 0 fully saturated rings. The van der Waals surface area contributed by atoms with Gasteiger partial charge in [0.05, 0.1) is 4.88 Å². The number of nitrogens with two attached hydrogens (primary N) is 1. The first-order chi connectivity index (χ1) is 8.58. The Morgan fingerprint density at radius 1 is 1.39 bits per heavy atom. The summed E-state index contributed by atoms with van der Waals surface area (Å²) in [5, 5.41) is 2.05. The average molecular weight is 326 g/mol. The molecule has 1 aromatic heterocycles. The van der Waals surface area contributed by atoms with Crippen LogP contribution in [0, 0.1) is 6.92 Å². The van der Waals surface area contributed by atoms with Gasteiger partial charge in [-0.25, -0.2) is 0 Å². The number of hydrogen-bond acceptors (Lipinski definition) is 3. The molecule has 0 aliphatic rings. The minimum Gasteiger partial charge on any atom is -0.488 e. The SMILES string of the molecule is Cc1ccc([C@H](C)N)c(OCc2sccc2Br)c1. The van der Waals surface area contributed by atoms with Gasteiger partial charge in [0, 0.05) is 16.1 Å². The normalized spacial score (nSPS) is 12.4. The fraction of sp³-hybridized carbons (Fsp3) is 0.286. The van der Waals surface area contributed by atoms with Crippen molar-refractivity contribution in [1.29, 1.82) is 0 Å². The molecule has 0 aliphatic carbocycles. The number of hydrogen-bond donors (Lipinski definition) is 1. The number of halogens is 1.